The molecule has 2 N–H and O–H groups in total. The largest absolute Gasteiger partial charge is 0.381 e. The summed E-state index contributed by atoms with van der Waals surface area (Å²) >= 11 is 0. The maximum absolute atomic E-state index is 12.0. The summed E-state index contributed by atoms with van der Waals surface area (Å²) in [6.45, 7) is 2.71. The maximum atomic E-state index is 12.0. The van der Waals surface area contributed by atoms with Crippen molar-refractivity contribution in [3.63, 3.8) is 0 Å². The summed E-state index contributed by atoms with van der Waals surface area (Å²) in [5.41, 5.74) is 0. The molecule has 8 nitrogen and oxygen atoms in total. The van der Waals surface area contributed by atoms with Crippen LogP contribution >= 0.6 is 0 Å². The molecule has 1 spiro atoms. The Bertz CT molecular complexity index is 591. The fourth-order valence-electron chi connectivity index (χ4n) is 4.91. The van der Waals surface area contributed by atoms with E-state index in [1.807, 2.05) is 0 Å². The van der Waals surface area contributed by atoms with Crippen LogP contribution in [0.2, 0.25) is 0 Å². The lowest BCUT2D eigenvalue weighted by molar-refractivity contribution is -0.210. The predicted molar refractivity (Wildman–Crippen MR) is 105 cm³/mol. The first-order chi connectivity index (χ1) is 13.5. The van der Waals surface area contributed by atoms with Crippen molar-refractivity contribution in [2.75, 3.05) is 47.0 Å². The number of carbonyl (C=O) groups excluding carboxylic acids is 1. The molecule has 4 rings (SSSR count). The Morgan fingerprint density at radius 1 is 1.21 bits per heavy atom. The highest BCUT2D eigenvalue weighted by Crippen LogP contribution is 2.44. The number of carbonyl (C=O) groups is 1. The number of fused-ring (bicyclic) bond motifs is 2. The standard InChI is InChI=1S/C20H34N4O4/c1-24(2)18(25)12-22-19(23-17-10-14-3-4-15(17)9-14)21-11-16-13-27-20(28-16)5-7-26-8-6-20/h14-17H,3-13H2,1-2H3,(H2,21,22,23). The zero-order valence-corrected chi connectivity index (χ0v) is 17.1. The second kappa shape index (κ2) is 8.55. The molecule has 2 aliphatic heterocycles. The van der Waals surface area contributed by atoms with Crippen LogP contribution in [0.15, 0.2) is 4.99 Å². The van der Waals surface area contributed by atoms with Crippen molar-refractivity contribution in [1.29, 1.82) is 0 Å². The molecular formula is C20H34N4O4. The summed E-state index contributed by atoms with van der Waals surface area (Å²) < 4.78 is 17.6. The SMILES string of the molecule is CN(C)C(=O)CN=C(NCC1COC2(CCOCC2)O1)NC1CC2CCC1C2. The number of ether oxygens (including phenoxy) is 3. The number of rotatable bonds is 5. The van der Waals surface area contributed by atoms with Crippen molar-refractivity contribution in [3.05, 3.63) is 0 Å². The Morgan fingerprint density at radius 3 is 2.71 bits per heavy atom. The van der Waals surface area contributed by atoms with Gasteiger partial charge in [-0.1, -0.05) is 6.42 Å². The molecule has 2 aliphatic carbocycles. The molecule has 0 aromatic carbocycles. The van der Waals surface area contributed by atoms with Gasteiger partial charge in [0.15, 0.2) is 11.7 Å². The Balaban J connectivity index is 1.32. The highest BCUT2D eigenvalue weighted by Gasteiger charge is 2.43. The molecule has 28 heavy (non-hydrogen) atoms. The van der Waals surface area contributed by atoms with Crippen molar-refractivity contribution < 1.29 is 19.0 Å². The summed E-state index contributed by atoms with van der Waals surface area (Å²) in [5.74, 6) is 1.83. The van der Waals surface area contributed by atoms with Gasteiger partial charge in [-0.05, 0) is 31.1 Å². The van der Waals surface area contributed by atoms with Crippen molar-refractivity contribution in [1.82, 2.24) is 15.5 Å². The number of aliphatic imine (C=N–C) groups is 1. The molecule has 4 unspecified atom stereocenters. The minimum absolute atomic E-state index is 0.00403. The molecule has 8 heteroatoms. The monoisotopic (exact) mass is 394 g/mol. The van der Waals surface area contributed by atoms with Crippen molar-refractivity contribution in [2.24, 2.45) is 16.8 Å². The van der Waals surface area contributed by atoms with E-state index >= 15 is 0 Å². The normalized spacial score (nSPS) is 34.0. The number of amides is 1. The van der Waals surface area contributed by atoms with E-state index in [4.69, 9.17) is 14.2 Å². The summed E-state index contributed by atoms with van der Waals surface area (Å²) in [5, 5.41) is 6.98. The van der Waals surface area contributed by atoms with Gasteiger partial charge in [0.1, 0.15) is 12.6 Å². The zero-order valence-electron chi connectivity index (χ0n) is 17.1. The molecule has 4 aliphatic rings. The maximum Gasteiger partial charge on any atom is 0.243 e. The first kappa shape index (κ1) is 19.9. The molecule has 4 fully saturated rings. The van der Waals surface area contributed by atoms with E-state index in [9.17, 15) is 4.79 Å². The predicted octanol–water partition coefficient (Wildman–Crippen LogP) is 0.721. The van der Waals surface area contributed by atoms with E-state index in [1.54, 1.807) is 19.0 Å². The Morgan fingerprint density at radius 2 is 2.04 bits per heavy atom. The van der Waals surface area contributed by atoms with Crippen LogP contribution in [0.1, 0.15) is 38.5 Å². The highest BCUT2D eigenvalue weighted by atomic mass is 16.7. The molecule has 0 aromatic rings. The fraction of sp³-hybridized carbons (Fsp3) is 0.900. The van der Waals surface area contributed by atoms with E-state index in [0.29, 0.717) is 38.4 Å². The van der Waals surface area contributed by atoms with Gasteiger partial charge in [-0.2, -0.15) is 0 Å². The molecule has 2 bridgehead atoms. The van der Waals surface area contributed by atoms with Gasteiger partial charge in [0.05, 0.1) is 19.8 Å². The van der Waals surface area contributed by atoms with Gasteiger partial charge in [-0.15, -0.1) is 0 Å². The van der Waals surface area contributed by atoms with Crippen LogP contribution in [0.4, 0.5) is 0 Å². The number of hydrogen-bond donors (Lipinski definition) is 2. The zero-order chi connectivity index (χ0) is 19.6. The van der Waals surface area contributed by atoms with E-state index in [2.05, 4.69) is 15.6 Å². The molecule has 4 atom stereocenters. The number of nitrogens with one attached hydrogen (secondary N) is 2. The number of likely N-dealkylation sites (N-methyl/N-ethyl adjacent to an activating group) is 1. The van der Waals surface area contributed by atoms with Crippen LogP contribution in [-0.4, -0.2) is 81.7 Å². The summed E-state index contributed by atoms with van der Waals surface area (Å²) in [7, 11) is 3.51. The molecular weight excluding hydrogens is 360 g/mol. The molecule has 0 radical (unpaired) electrons. The van der Waals surface area contributed by atoms with Crippen LogP contribution < -0.4 is 10.6 Å². The van der Waals surface area contributed by atoms with Crippen LogP contribution in [0.5, 0.6) is 0 Å². The van der Waals surface area contributed by atoms with Crippen molar-refractivity contribution >= 4 is 11.9 Å². The van der Waals surface area contributed by atoms with Gasteiger partial charge in [0.2, 0.25) is 5.91 Å². The third kappa shape index (κ3) is 4.60. The van der Waals surface area contributed by atoms with E-state index in [0.717, 1.165) is 24.7 Å². The van der Waals surface area contributed by atoms with Crippen LogP contribution in [0.3, 0.4) is 0 Å². The first-order valence-electron chi connectivity index (χ1n) is 10.7. The van der Waals surface area contributed by atoms with Gasteiger partial charge in [-0.3, -0.25) is 4.79 Å². The summed E-state index contributed by atoms with van der Waals surface area (Å²) in [6, 6.07) is 0.460. The second-order valence-electron chi connectivity index (χ2n) is 8.83. The number of hydrogen-bond acceptors (Lipinski definition) is 5. The van der Waals surface area contributed by atoms with Crippen LogP contribution in [-0.2, 0) is 19.0 Å². The van der Waals surface area contributed by atoms with Gasteiger partial charge in [0.25, 0.3) is 0 Å². The first-order valence-corrected chi connectivity index (χ1v) is 10.7. The number of nitrogens with zero attached hydrogens (tertiary/aromatic N) is 2. The average Bonchev–Trinajstić information content (AvgIpc) is 3.40. The van der Waals surface area contributed by atoms with Crippen molar-refractivity contribution in [2.45, 2.75) is 56.5 Å². The van der Waals surface area contributed by atoms with E-state index in [-0.39, 0.29) is 18.6 Å². The third-order valence-corrected chi connectivity index (χ3v) is 6.60. The fourth-order valence-corrected chi connectivity index (χ4v) is 4.91. The second-order valence-corrected chi connectivity index (χ2v) is 8.83. The van der Waals surface area contributed by atoms with E-state index in [1.165, 1.54) is 25.7 Å². The Hall–Kier alpha value is -1.38. The highest BCUT2D eigenvalue weighted by molar-refractivity contribution is 5.85. The lowest BCUT2D eigenvalue weighted by Gasteiger charge is -2.31. The van der Waals surface area contributed by atoms with Gasteiger partial charge < -0.3 is 29.7 Å². The summed E-state index contributed by atoms with van der Waals surface area (Å²) in [4.78, 5) is 18.1. The lowest BCUT2D eigenvalue weighted by atomic mass is 9.95. The Kier molecular flexibility index (Phi) is 6.08. The summed E-state index contributed by atoms with van der Waals surface area (Å²) in [6.07, 6.45) is 6.74. The molecule has 1 amide bonds. The average molecular weight is 395 g/mol. The quantitative estimate of drug-likeness (QED) is 0.528. The minimum Gasteiger partial charge on any atom is -0.381 e. The molecule has 2 heterocycles. The smallest absolute Gasteiger partial charge is 0.243 e. The molecule has 0 aromatic heterocycles. The molecule has 2 saturated heterocycles. The van der Waals surface area contributed by atoms with Crippen molar-refractivity contribution in [3.8, 4) is 0 Å². The lowest BCUT2D eigenvalue weighted by Crippen LogP contribution is -2.48. The van der Waals surface area contributed by atoms with Gasteiger partial charge in [-0.25, -0.2) is 4.99 Å². The van der Waals surface area contributed by atoms with Gasteiger partial charge in [0, 0.05) is 39.5 Å². The molecule has 158 valence electrons. The van der Waals surface area contributed by atoms with Gasteiger partial charge >= 0.3 is 0 Å². The van der Waals surface area contributed by atoms with Crippen LogP contribution in [0.25, 0.3) is 0 Å². The Labute approximate surface area is 167 Å². The van der Waals surface area contributed by atoms with E-state index < -0.39 is 5.79 Å². The molecule has 2 saturated carbocycles. The number of guanidine groups is 1. The minimum atomic E-state index is -0.471. The third-order valence-electron chi connectivity index (χ3n) is 6.60. The topological polar surface area (TPSA) is 84.4 Å². The van der Waals surface area contributed by atoms with Crippen LogP contribution in [0, 0.1) is 11.8 Å².